The van der Waals surface area contributed by atoms with E-state index < -0.39 is 6.10 Å². The van der Waals surface area contributed by atoms with Gasteiger partial charge < -0.3 is 14.8 Å². The van der Waals surface area contributed by atoms with Gasteiger partial charge in [0, 0.05) is 12.1 Å². The number of ether oxygens (including phenoxy) is 2. The fraction of sp³-hybridized carbons (Fsp3) is 0.278. The Morgan fingerprint density at radius 1 is 1.17 bits per heavy atom. The zero-order chi connectivity index (χ0) is 16.7. The molecule has 0 bridgehead atoms. The first-order chi connectivity index (χ1) is 11.1. The molecular formula is C18H20FNO3. The lowest BCUT2D eigenvalue weighted by Crippen LogP contribution is -2.36. The number of hydrogen-bond acceptors (Lipinski definition) is 3. The fourth-order valence-corrected chi connectivity index (χ4v) is 2.04. The second kappa shape index (κ2) is 8.17. The van der Waals surface area contributed by atoms with E-state index in [4.69, 9.17) is 9.47 Å². The van der Waals surface area contributed by atoms with E-state index in [1.807, 2.05) is 31.2 Å². The van der Waals surface area contributed by atoms with Crippen molar-refractivity contribution < 1.29 is 18.7 Å². The number of nitrogens with one attached hydrogen (secondary N) is 1. The van der Waals surface area contributed by atoms with Gasteiger partial charge in [-0.05, 0) is 44.2 Å². The Bertz CT molecular complexity index is 643. The molecule has 0 unspecified atom stereocenters. The lowest BCUT2D eigenvalue weighted by Gasteiger charge is -2.16. The number of rotatable bonds is 7. The molecule has 0 aliphatic rings. The maximum Gasteiger partial charge on any atom is 0.261 e. The van der Waals surface area contributed by atoms with Crippen molar-refractivity contribution in [1.29, 1.82) is 0 Å². The number of hydrogen-bond donors (Lipinski definition) is 1. The highest BCUT2D eigenvalue weighted by Crippen LogP contribution is 2.18. The molecule has 0 saturated carbocycles. The van der Waals surface area contributed by atoms with Crippen molar-refractivity contribution in [1.82, 2.24) is 5.32 Å². The minimum absolute atomic E-state index is 0.249. The van der Waals surface area contributed by atoms with Gasteiger partial charge in [0.25, 0.3) is 5.91 Å². The average molecular weight is 317 g/mol. The molecule has 1 atom stereocenters. The highest BCUT2D eigenvalue weighted by Gasteiger charge is 2.15. The van der Waals surface area contributed by atoms with Crippen LogP contribution in [0.25, 0.3) is 0 Å². The van der Waals surface area contributed by atoms with Crippen LogP contribution in [0, 0.1) is 5.82 Å². The molecule has 0 spiro atoms. The lowest BCUT2D eigenvalue weighted by atomic mass is 10.2. The summed E-state index contributed by atoms with van der Waals surface area (Å²) in [5.74, 6) is 0.605. The van der Waals surface area contributed by atoms with Gasteiger partial charge in [0.2, 0.25) is 0 Å². The largest absolute Gasteiger partial charge is 0.494 e. The molecule has 2 aromatic rings. The van der Waals surface area contributed by atoms with Crippen LogP contribution in [0.3, 0.4) is 0 Å². The third-order valence-electron chi connectivity index (χ3n) is 3.22. The molecule has 122 valence electrons. The predicted molar refractivity (Wildman–Crippen MR) is 85.9 cm³/mol. The quantitative estimate of drug-likeness (QED) is 0.852. The van der Waals surface area contributed by atoms with Crippen molar-refractivity contribution in [2.24, 2.45) is 0 Å². The van der Waals surface area contributed by atoms with E-state index >= 15 is 0 Å². The van der Waals surface area contributed by atoms with Crippen molar-refractivity contribution in [3.63, 3.8) is 0 Å². The summed E-state index contributed by atoms with van der Waals surface area (Å²) < 4.78 is 23.9. The minimum atomic E-state index is -0.681. The van der Waals surface area contributed by atoms with Crippen LogP contribution in [-0.4, -0.2) is 18.6 Å². The maximum absolute atomic E-state index is 12.8. The zero-order valence-electron chi connectivity index (χ0n) is 13.2. The van der Waals surface area contributed by atoms with Crippen LogP contribution in [0.1, 0.15) is 19.4 Å². The molecule has 0 radical (unpaired) electrons. The van der Waals surface area contributed by atoms with Crippen LogP contribution in [0.5, 0.6) is 11.5 Å². The first kappa shape index (κ1) is 16.8. The molecule has 0 fully saturated rings. The number of benzene rings is 2. The van der Waals surface area contributed by atoms with Crippen molar-refractivity contribution >= 4 is 5.91 Å². The molecule has 5 heteroatoms. The molecule has 23 heavy (non-hydrogen) atoms. The van der Waals surface area contributed by atoms with E-state index in [0.717, 1.165) is 11.3 Å². The summed E-state index contributed by atoms with van der Waals surface area (Å²) in [4.78, 5) is 12.1. The molecule has 2 aromatic carbocycles. The summed E-state index contributed by atoms with van der Waals surface area (Å²) in [5.41, 5.74) is 0.900. The lowest BCUT2D eigenvalue weighted by molar-refractivity contribution is -0.127. The highest BCUT2D eigenvalue weighted by atomic mass is 19.1. The van der Waals surface area contributed by atoms with Gasteiger partial charge in [0.1, 0.15) is 17.3 Å². The summed E-state index contributed by atoms with van der Waals surface area (Å²) in [6, 6.07) is 13.1. The normalized spacial score (nSPS) is 11.6. The van der Waals surface area contributed by atoms with Crippen LogP contribution >= 0.6 is 0 Å². The molecule has 0 saturated heterocycles. The van der Waals surface area contributed by atoms with Gasteiger partial charge in [-0.1, -0.05) is 18.2 Å². The standard InChI is InChI=1S/C18H20FNO3/c1-3-22-17-7-5-4-6-14(17)12-20-18(21)13(2)23-16-10-8-15(19)9-11-16/h4-11,13H,3,12H2,1-2H3,(H,20,21)/t13-/m1/s1. The number of carbonyl (C=O) groups is 1. The smallest absolute Gasteiger partial charge is 0.261 e. The van der Waals surface area contributed by atoms with E-state index in [1.54, 1.807) is 6.92 Å². The first-order valence-electron chi connectivity index (χ1n) is 7.50. The van der Waals surface area contributed by atoms with Gasteiger partial charge in [0.15, 0.2) is 6.10 Å². The molecule has 0 heterocycles. The number of para-hydroxylation sites is 1. The second-order valence-electron chi connectivity index (χ2n) is 4.97. The number of carbonyl (C=O) groups excluding carboxylic acids is 1. The zero-order valence-corrected chi connectivity index (χ0v) is 13.2. The van der Waals surface area contributed by atoms with Gasteiger partial charge >= 0.3 is 0 Å². The Balaban J connectivity index is 1.90. The molecular weight excluding hydrogens is 297 g/mol. The van der Waals surface area contributed by atoms with Crippen molar-refractivity contribution in [3.8, 4) is 11.5 Å². The Labute approximate surface area is 135 Å². The molecule has 0 aromatic heterocycles. The van der Waals surface area contributed by atoms with E-state index in [1.165, 1.54) is 24.3 Å². The predicted octanol–water partition coefficient (Wildman–Crippen LogP) is 3.31. The molecule has 4 nitrogen and oxygen atoms in total. The first-order valence-corrected chi connectivity index (χ1v) is 7.50. The molecule has 1 N–H and O–H groups in total. The van der Waals surface area contributed by atoms with E-state index in [2.05, 4.69) is 5.32 Å². The third kappa shape index (κ3) is 4.98. The third-order valence-corrected chi connectivity index (χ3v) is 3.22. The number of amides is 1. The Hall–Kier alpha value is -2.56. The van der Waals surface area contributed by atoms with Crippen molar-refractivity contribution in [2.75, 3.05) is 6.61 Å². The monoisotopic (exact) mass is 317 g/mol. The van der Waals surface area contributed by atoms with Crippen LogP contribution in [0.4, 0.5) is 4.39 Å². The Kier molecular flexibility index (Phi) is 5.97. The Morgan fingerprint density at radius 3 is 2.57 bits per heavy atom. The van der Waals surface area contributed by atoms with Crippen LogP contribution < -0.4 is 14.8 Å². The summed E-state index contributed by atoms with van der Waals surface area (Å²) in [6.07, 6.45) is -0.681. The van der Waals surface area contributed by atoms with Gasteiger partial charge in [-0.3, -0.25) is 4.79 Å². The van der Waals surface area contributed by atoms with E-state index in [9.17, 15) is 9.18 Å². The molecule has 1 amide bonds. The fourth-order valence-electron chi connectivity index (χ4n) is 2.04. The van der Waals surface area contributed by atoms with Gasteiger partial charge in [0.05, 0.1) is 6.61 Å². The van der Waals surface area contributed by atoms with E-state index in [0.29, 0.717) is 18.9 Å². The molecule has 2 rings (SSSR count). The van der Waals surface area contributed by atoms with E-state index in [-0.39, 0.29) is 11.7 Å². The summed E-state index contributed by atoms with van der Waals surface area (Å²) in [7, 11) is 0. The molecule has 0 aliphatic heterocycles. The van der Waals surface area contributed by atoms with Gasteiger partial charge in [-0.15, -0.1) is 0 Å². The average Bonchev–Trinajstić information content (AvgIpc) is 2.56. The van der Waals surface area contributed by atoms with Crippen LogP contribution in [-0.2, 0) is 11.3 Å². The number of halogens is 1. The van der Waals surface area contributed by atoms with Gasteiger partial charge in [-0.25, -0.2) is 4.39 Å². The topological polar surface area (TPSA) is 47.6 Å². The second-order valence-corrected chi connectivity index (χ2v) is 4.97. The summed E-state index contributed by atoms with van der Waals surface area (Å²) >= 11 is 0. The highest BCUT2D eigenvalue weighted by molar-refractivity contribution is 5.80. The SMILES string of the molecule is CCOc1ccccc1CNC(=O)[C@@H](C)Oc1ccc(F)cc1. The minimum Gasteiger partial charge on any atom is -0.494 e. The Morgan fingerprint density at radius 2 is 1.87 bits per heavy atom. The van der Waals surface area contributed by atoms with Crippen molar-refractivity contribution in [2.45, 2.75) is 26.5 Å². The summed E-state index contributed by atoms with van der Waals surface area (Å²) in [5, 5.41) is 2.81. The maximum atomic E-state index is 12.8. The summed E-state index contributed by atoms with van der Waals surface area (Å²) in [6.45, 7) is 4.47. The van der Waals surface area contributed by atoms with Crippen molar-refractivity contribution in [3.05, 3.63) is 59.9 Å². The molecule has 0 aliphatic carbocycles. The van der Waals surface area contributed by atoms with Crippen LogP contribution in [0.2, 0.25) is 0 Å². The van der Waals surface area contributed by atoms with Crippen LogP contribution in [0.15, 0.2) is 48.5 Å². The van der Waals surface area contributed by atoms with Gasteiger partial charge in [-0.2, -0.15) is 0 Å².